The highest BCUT2D eigenvalue weighted by atomic mass is 35.5. The maximum absolute atomic E-state index is 12.8. The number of benzene rings is 2. The van der Waals surface area contributed by atoms with Crippen LogP contribution in [0.5, 0.6) is 0 Å². The molecule has 0 unspecified atom stereocenters. The van der Waals surface area contributed by atoms with E-state index >= 15 is 0 Å². The molecule has 0 bridgehead atoms. The summed E-state index contributed by atoms with van der Waals surface area (Å²) in [6.07, 6.45) is -4.67. The molecular formula is C16H12ClF4N3O2. The van der Waals surface area contributed by atoms with Gasteiger partial charge in [-0.1, -0.05) is 11.6 Å². The largest absolute Gasteiger partial charge is 0.417 e. The molecule has 5 nitrogen and oxygen atoms in total. The van der Waals surface area contributed by atoms with Crippen molar-refractivity contribution in [3.8, 4) is 0 Å². The fourth-order valence-electron chi connectivity index (χ4n) is 1.89. The highest BCUT2D eigenvalue weighted by Gasteiger charge is 2.33. The second-order valence-electron chi connectivity index (χ2n) is 5.06. The van der Waals surface area contributed by atoms with Crippen molar-refractivity contribution in [2.75, 3.05) is 17.2 Å². The van der Waals surface area contributed by atoms with Gasteiger partial charge in [-0.05, 0) is 42.5 Å². The third kappa shape index (κ3) is 5.62. The topological polar surface area (TPSA) is 70.2 Å². The van der Waals surface area contributed by atoms with Crippen LogP contribution in [0.25, 0.3) is 0 Å². The Morgan fingerprint density at radius 1 is 0.962 bits per heavy atom. The minimum Gasteiger partial charge on any atom is -0.329 e. The van der Waals surface area contributed by atoms with E-state index in [1.165, 1.54) is 18.2 Å². The fraction of sp³-hybridized carbons (Fsp3) is 0.125. The lowest BCUT2D eigenvalue weighted by atomic mass is 10.2. The first kappa shape index (κ1) is 19.5. The second kappa shape index (κ2) is 8.05. The van der Waals surface area contributed by atoms with Crippen molar-refractivity contribution in [3.63, 3.8) is 0 Å². The molecule has 0 aliphatic carbocycles. The fourth-order valence-corrected chi connectivity index (χ4v) is 2.12. The van der Waals surface area contributed by atoms with Gasteiger partial charge in [0, 0.05) is 11.4 Å². The number of rotatable bonds is 4. The summed E-state index contributed by atoms with van der Waals surface area (Å²) in [5, 5.41) is 6.27. The standard InChI is InChI=1S/C16H12ClF4N3O2/c17-13-6-5-11(7-12(13)16(19,20)21)24-15(26)22-8-14(25)23-10-3-1-9(18)2-4-10/h1-7H,8H2,(H,23,25)(H2,22,24,26). The molecule has 0 aliphatic heterocycles. The van der Waals surface area contributed by atoms with Gasteiger partial charge in [0.1, 0.15) is 5.82 Å². The van der Waals surface area contributed by atoms with Crippen molar-refractivity contribution in [2.45, 2.75) is 6.18 Å². The Morgan fingerprint density at radius 2 is 1.58 bits per heavy atom. The van der Waals surface area contributed by atoms with Gasteiger partial charge < -0.3 is 16.0 Å². The highest BCUT2D eigenvalue weighted by Crippen LogP contribution is 2.36. The number of alkyl halides is 3. The van der Waals surface area contributed by atoms with E-state index in [4.69, 9.17) is 11.6 Å². The predicted octanol–water partition coefficient (Wildman–Crippen LogP) is 4.26. The van der Waals surface area contributed by atoms with Crippen LogP contribution >= 0.6 is 11.6 Å². The van der Waals surface area contributed by atoms with Crippen molar-refractivity contribution >= 4 is 34.9 Å². The number of anilines is 2. The monoisotopic (exact) mass is 389 g/mol. The van der Waals surface area contributed by atoms with E-state index in [1.807, 2.05) is 0 Å². The number of hydrogen-bond acceptors (Lipinski definition) is 2. The molecule has 2 rings (SSSR count). The molecule has 3 N–H and O–H groups in total. The Bertz CT molecular complexity index is 810. The molecule has 0 saturated heterocycles. The van der Waals surface area contributed by atoms with Gasteiger partial charge in [0.2, 0.25) is 5.91 Å². The van der Waals surface area contributed by atoms with Crippen LogP contribution < -0.4 is 16.0 Å². The van der Waals surface area contributed by atoms with E-state index in [9.17, 15) is 27.2 Å². The summed E-state index contributed by atoms with van der Waals surface area (Å²) >= 11 is 5.48. The molecule has 0 heterocycles. The van der Waals surface area contributed by atoms with Gasteiger partial charge in [0.25, 0.3) is 0 Å². The summed E-state index contributed by atoms with van der Waals surface area (Å²) < 4.78 is 51.0. The van der Waals surface area contributed by atoms with Gasteiger partial charge >= 0.3 is 12.2 Å². The summed E-state index contributed by atoms with van der Waals surface area (Å²) in [5.74, 6) is -1.07. The lowest BCUT2D eigenvalue weighted by Gasteiger charge is -2.12. The Hall–Kier alpha value is -2.81. The molecule has 2 aromatic carbocycles. The molecule has 0 aromatic heterocycles. The van der Waals surface area contributed by atoms with Gasteiger partial charge in [0.05, 0.1) is 17.1 Å². The zero-order valence-electron chi connectivity index (χ0n) is 13.0. The second-order valence-corrected chi connectivity index (χ2v) is 5.46. The predicted molar refractivity (Wildman–Crippen MR) is 88.5 cm³/mol. The lowest BCUT2D eigenvalue weighted by Crippen LogP contribution is -2.35. The Balaban J connectivity index is 1.89. The summed E-state index contributed by atoms with van der Waals surface area (Å²) in [4.78, 5) is 23.4. The minimum absolute atomic E-state index is 0.141. The number of amides is 3. The highest BCUT2D eigenvalue weighted by molar-refractivity contribution is 6.31. The molecule has 3 amide bonds. The van der Waals surface area contributed by atoms with Crippen LogP contribution in [-0.2, 0) is 11.0 Å². The van der Waals surface area contributed by atoms with Gasteiger partial charge in [-0.15, -0.1) is 0 Å². The summed E-state index contributed by atoms with van der Waals surface area (Å²) in [5.41, 5.74) is -0.907. The van der Waals surface area contributed by atoms with Crippen LogP contribution in [0.4, 0.5) is 33.7 Å². The first-order valence-corrected chi connectivity index (χ1v) is 7.50. The normalized spacial score (nSPS) is 11.0. The molecule has 0 saturated carbocycles. The molecule has 2 aromatic rings. The van der Waals surface area contributed by atoms with Crippen molar-refractivity contribution in [2.24, 2.45) is 0 Å². The molecule has 138 valence electrons. The number of carbonyl (C=O) groups excluding carboxylic acids is 2. The Kier molecular flexibility index (Phi) is 6.04. The van der Waals surface area contributed by atoms with E-state index < -0.39 is 41.1 Å². The maximum Gasteiger partial charge on any atom is 0.417 e. The average molecular weight is 390 g/mol. The Labute approximate surface area is 150 Å². The number of halogens is 5. The summed E-state index contributed by atoms with van der Waals surface area (Å²) in [6.45, 7) is -0.442. The van der Waals surface area contributed by atoms with E-state index in [-0.39, 0.29) is 5.69 Å². The Morgan fingerprint density at radius 3 is 2.19 bits per heavy atom. The quantitative estimate of drug-likeness (QED) is 0.684. The van der Waals surface area contributed by atoms with Crippen molar-refractivity contribution in [1.29, 1.82) is 0 Å². The first-order chi connectivity index (χ1) is 12.1. The lowest BCUT2D eigenvalue weighted by molar-refractivity contribution is -0.137. The van der Waals surface area contributed by atoms with Crippen LogP contribution in [0.3, 0.4) is 0 Å². The van der Waals surface area contributed by atoms with E-state index in [2.05, 4.69) is 16.0 Å². The maximum atomic E-state index is 12.8. The smallest absolute Gasteiger partial charge is 0.329 e. The number of hydrogen-bond donors (Lipinski definition) is 3. The first-order valence-electron chi connectivity index (χ1n) is 7.12. The summed E-state index contributed by atoms with van der Waals surface area (Å²) in [6, 6.07) is 6.95. The number of urea groups is 1. The van der Waals surface area contributed by atoms with Crippen LogP contribution in [0.2, 0.25) is 5.02 Å². The SMILES string of the molecule is O=C(CNC(=O)Nc1ccc(Cl)c(C(F)(F)F)c1)Nc1ccc(F)cc1. The van der Waals surface area contributed by atoms with Gasteiger partial charge in [0.15, 0.2) is 0 Å². The van der Waals surface area contributed by atoms with Gasteiger partial charge in [-0.25, -0.2) is 9.18 Å². The zero-order chi connectivity index (χ0) is 19.3. The van der Waals surface area contributed by atoms with Gasteiger partial charge in [-0.3, -0.25) is 4.79 Å². The third-order valence-corrected chi connectivity index (χ3v) is 3.40. The average Bonchev–Trinajstić information content (AvgIpc) is 2.56. The van der Waals surface area contributed by atoms with Crippen LogP contribution in [0, 0.1) is 5.82 Å². The zero-order valence-corrected chi connectivity index (χ0v) is 13.7. The van der Waals surface area contributed by atoms with Crippen molar-refractivity contribution in [1.82, 2.24) is 5.32 Å². The molecule has 0 spiro atoms. The molecule has 26 heavy (non-hydrogen) atoms. The van der Waals surface area contributed by atoms with Crippen LogP contribution in [0.1, 0.15) is 5.56 Å². The molecule has 0 atom stereocenters. The van der Waals surface area contributed by atoms with Crippen molar-refractivity contribution in [3.05, 3.63) is 58.9 Å². The van der Waals surface area contributed by atoms with E-state index in [0.717, 1.165) is 18.2 Å². The summed E-state index contributed by atoms with van der Waals surface area (Å²) in [7, 11) is 0. The van der Waals surface area contributed by atoms with E-state index in [1.54, 1.807) is 0 Å². The third-order valence-electron chi connectivity index (χ3n) is 3.07. The number of carbonyl (C=O) groups is 2. The van der Waals surface area contributed by atoms with Crippen LogP contribution in [-0.4, -0.2) is 18.5 Å². The van der Waals surface area contributed by atoms with Gasteiger partial charge in [-0.2, -0.15) is 13.2 Å². The number of nitrogens with one attached hydrogen (secondary N) is 3. The molecule has 0 fully saturated rings. The minimum atomic E-state index is -4.67. The molecule has 0 radical (unpaired) electrons. The van der Waals surface area contributed by atoms with E-state index in [0.29, 0.717) is 11.8 Å². The molecule has 0 aliphatic rings. The molecule has 10 heteroatoms. The molecular weight excluding hydrogens is 378 g/mol. The van der Waals surface area contributed by atoms with Crippen molar-refractivity contribution < 1.29 is 27.2 Å². The van der Waals surface area contributed by atoms with Crippen LogP contribution in [0.15, 0.2) is 42.5 Å².